The standard InChI is InChI=1S/C16H15ClFN/c1-11(10-19)16(17)13-8-6-12(7-9-13)14-4-2-3-5-15(14)18/h2-9H,10,19H2,1H3/b16-11-. The van der Waals surface area contributed by atoms with Crippen molar-refractivity contribution in [1.29, 1.82) is 0 Å². The van der Waals surface area contributed by atoms with Crippen LogP contribution >= 0.6 is 11.6 Å². The maximum Gasteiger partial charge on any atom is 0.131 e. The highest BCUT2D eigenvalue weighted by molar-refractivity contribution is 6.49. The molecular weight excluding hydrogens is 261 g/mol. The summed E-state index contributed by atoms with van der Waals surface area (Å²) in [4.78, 5) is 0. The maximum absolute atomic E-state index is 13.7. The Kier molecular flexibility index (Phi) is 4.35. The summed E-state index contributed by atoms with van der Waals surface area (Å²) in [6, 6.07) is 14.2. The molecule has 0 aliphatic carbocycles. The minimum atomic E-state index is -0.227. The molecule has 0 radical (unpaired) electrons. The normalized spacial score (nSPS) is 12.2. The van der Waals surface area contributed by atoms with Crippen LogP contribution in [0.25, 0.3) is 16.2 Å². The number of hydrogen-bond acceptors (Lipinski definition) is 1. The zero-order valence-corrected chi connectivity index (χ0v) is 11.4. The van der Waals surface area contributed by atoms with Gasteiger partial charge in [0.1, 0.15) is 5.82 Å². The predicted octanol–water partition coefficient (Wildman–Crippen LogP) is 4.42. The van der Waals surface area contributed by atoms with E-state index in [2.05, 4.69) is 0 Å². The number of rotatable bonds is 3. The van der Waals surface area contributed by atoms with Crippen molar-refractivity contribution in [1.82, 2.24) is 0 Å². The van der Waals surface area contributed by atoms with E-state index in [1.165, 1.54) is 6.07 Å². The van der Waals surface area contributed by atoms with Gasteiger partial charge in [0.2, 0.25) is 0 Å². The van der Waals surface area contributed by atoms with E-state index in [-0.39, 0.29) is 5.82 Å². The van der Waals surface area contributed by atoms with E-state index in [4.69, 9.17) is 17.3 Å². The lowest BCUT2D eigenvalue weighted by Gasteiger charge is -2.07. The van der Waals surface area contributed by atoms with Crippen LogP contribution in [0.1, 0.15) is 12.5 Å². The van der Waals surface area contributed by atoms with Crippen LogP contribution in [0, 0.1) is 5.82 Å². The van der Waals surface area contributed by atoms with Crippen LogP contribution in [0.5, 0.6) is 0 Å². The summed E-state index contributed by atoms with van der Waals surface area (Å²) in [6.07, 6.45) is 0. The SMILES string of the molecule is C/C(CN)=C(/Cl)c1ccc(-c2ccccc2F)cc1. The molecule has 2 aromatic rings. The van der Waals surface area contributed by atoms with E-state index in [9.17, 15) is 4.39 Å². The van der Waals surface area contributed by atoms with Gasteiger partial charge in [-0.15, -0.1) is 0 Å². The topological polar surface area (TPSA) is 26.0 Å². The average Bonchev–Trinajstić information content (AvgIpc) is 2.46. The summed E-state index contributed by atoms with van der Waals surface area (Å²) in [6.45, 7) is 2.32. The smallest absolute Gasteiger partial charge is 0.131 e. The highest BCUT2D eigenvalue weighted by Crippen LogP contribution is 2.27. The molecule has 0 aromatic heterocycles. The van der Waals surface area contributed by atoms with Crippen LogP contribution < -0.4 is 5.73 Å². The summed E-state index contributed by atoms with van der Waals surface area (Å²) in [7, 11) is 0. The first-order chi connectivity index (χ1) is 9.13. The third-order valence-electron chi connectivity index (χ3n) is 3.00. The quantitative estimate of drug-likeness (QED) is 0.881. The van der Waals surface area contributed by atoms with Crippen molar-refractivity contribution in [3.63, 3.8) is 0 Å². The van der Waals surface area contributed by atoms with Crippen molar-refractivity contribution in [2.45, 2.75) is 6.92 Å². The van der Waals surface area contributed by atoms with Gasteiger partial charge >= 0.3 is 0 Å². The highest BCUT2D eigenvalue weighted by Gasteiger charge is 2.06. The van der Waals surface area contributed by atoms with E-state index in [1.807, 2.05) is 37.3 Å². The van der Waals surface area contributed by atoms with Gasteiger partial charge in [0.25, 0.3) is 0 Å². The van der Waals surface area contributed by atoms with Crippen LogP contribution in [0.15, 0.2) is 54.1 Å². The maximum atomic E-state index is 13.7. The van der Waals surface area contributed by atoms with Crippen molar-refractivity contribution in [2.75, 3.05) is 6.54 Å². The molecule has 0 spiro atoms. The molecule has 0 unspecified atom stereocenters. The van der Waals surface area contributed by atoms with Gasteiger partial charge in [-0.25, -0.2) is 4.39 Å². The van der Waals surface area contributed by atoms with Gasteiger partial charge in [-0.05, 0) is 29.7 Å². The Balaban J connectivity index is 2.37. The Morgan fingerprint density at radius 3 is 2.32 bits per heavy atom. The Morgan fingerprint density at radius 2 is 1.74 bits per heavy atom. The van der Waals surface area contributed by atoms with Gasteiger partial charge < -0.3 is 5.73 Å². The highest BCUT2D eigenvalue weighted by atomic mass is 35.5. The molecule has 2 rings (SSSR count). The lowest BCUT2D eigenvalue weighted by Crippen LogP contribution is -2.01. The Labute approximate surface area is 117 Å². The first kappa shape index (κ1) is 13.8. The molecule has 0 bridgehead atoms. The van der Waals surface area contributed by atoms with Crippen molar-refractivity contribution < 1.29 is 4.39 Å². The molecule has 3 heteroatoms. The van der Waals surface area contributed by atoms with Crippen LogP contribution in [-0.2, 0) is 0 Å². The van der Waals surface area contributed by atoms with Crippen molar-refractivity contribution in [2.24, 2.45) is 5.73 Å². The molecule has 0 heterocycles. The summed E-state index contributed by atoms with van der Waals surface area (Å²) in [5.41, 5.74) is 8.80. The van der Waals surface area contributed by atoms with E-state index < -0.39 is 0 Å². The first-order valence-electron chi connectivity index (χ1n) is 6.04. The van der Waals surface area contributed by atoms with Crippen LogP contribution in [0.3, 0.4) is 0 Å². The Bertz CT molecular complexity index is 602. The van der Waals surface area contributed by atoms with Crippen molar-refractivity contribution in [3.05, 3.63) is 65.5 Å². The number of halogens is 2. The molecular formula is C16H15ClFN. The largest absolute Gasteiger partial charge is 0.327 e. The van der Waals surface area contributed by atoms with Gasteiger partial charge in [0.15, 0.2) is 0 Å². The third kappa shape index (κ3) is 3.03. The minimum Gasteiger partial charge on any atom is -0.327 e. The molecule has 0 aliphatic heterocycles. The summed E-state index contributed by atoms with van der Waals surface area (Å²) in [5, 5.41) is 0.655. The number of nitrogens with two attached hydrogens (primary N) is 1. The summed E-state index contributed by atoms with van der Waals surface area (Å²) >= 11 is 6.21. The monoisotopic (exact) mass is 275 g/mol. The van der Waals surface area contributed by atoms with Crippen LogP contribution in [-0.4, -0.2) is 6.54 Å². The predicted molar refractivity (Wildman–Crippen MR) is 79.3 cm³/mol. The Hall–Kier alpha value is -1.64. The fourth-order valence-electron chi connectivity index (χ4n) is 1.83. The molecule has 0 atom stereocenters. The lowest BCUT2D eigenvalue weighted by molar-refractivity contribution is 0.631. The zero-order valence-electron chi connectivity index (χ0n) is 10.7. The molecule has 1 nitrogen and oxygen atoms in total. The molecule has 2 aromatic carbocycles. The van der Waals surface area contributed by atoms with Crippen LogP contribution in [0.2, 0.25) is 0 Å². The Morgan fingerprint density at radius 1 is 1.11 bits per heavy atom. The van der Waals surface area contributed by atoms with Gasteiger partial charge in [0, 0.05) is 17.1 Å². The molecule has 0 saturated heterocycles. The second-order valence-electron chi connectivity index (χ2n) is 4.36. The lowest BCUT2D eigenvalue weighted by atomic mass is 10.0. The number of hydrogen-bond donors (Lipinski definition) is 1. The fraction of sp³-hybridized carbons (Fsp3) is 0.125. The van der Waals surface area contributed by atoms with Crippen LogP contribution in [0.4, 0.5) is 4.39 Å². The van der Waals surface area contributed by atoms with E-state index in [0.717, 1.165) is 16.7 Å². The van der Waals surface area contributed by atoms with Crippen molar-refractivity contribution >= 4 is 16.6 Å². The average molecular weight is 276 g/mol. The second-order valence-corrected chi connectivity index (χ2v) is 4.73. The third-order valence-corrected chi connectivity index (χ3v) is 3.54. The fourth-order valence-corrected chi connectivity index (χ4v) is 2.03. The van der Waals surface area contributed by atoms with Gasteiger partial charge in [-0.3, -0.25) is 0 Å². The summed E-state index contributed by atoms with van der Waals surface area (Å²) in [5.74, 6) is -0.227. The molecule has 0 aliphatic rings. The molecule has 0 amide bonds. The van der Waals surface area contributed by atoms with Crippen molar-refractivity contribution in [3.8, 4) is 11.1 Å². The van der Waals surface area contributed by atoms with Gasteiger partial charge in [-0.2, -0.15) is 0 Å². The molecule has 2 N–H and O–H groups in total. The molecule has 0 saturated carbocycles. The first-order valence-corrected chi connectivity index (χ1v) is 6.42. The molecule has 98 valence electrons. The zero-order chi connectivity index (χ0) is 13.8. The van der Waals surface area contributed by atoms with E-state index in [0.29, 0.717) is 17.1 Å². The summed E-state index contributed by atoms with van der Waals surface area (Å²) < 4.78 is 13.7. The van der Waals surface area contributed by atoms with Gasteiger partial charge in [0.05, 0.1) is 0 Å². The minimum absolute atomic E-state index is 0.227. The number of benzene rings is 2. The van der Waals surface area contributed by atoms with E-state index >= 15 is 0 Å². The van der Waals surface area contributed by atoms with Gasteiger partial charge in [-0.1, -0.05) is 54.1 Å². The molecule has 19 heavy (non-hydrogen) atoms. The second kappa shape index (κ2) is 6.00. The molecule has 0 fully saturated rings. The van der Waals surface area contributed by atoms with E-state index in [1.54, 1.807) is 12.1 Å².